The van der Waals surface area contributed by atoms with Crippen LogP contribution in [0.5, 0.6) is 0 Å². The molecule has 1 saturated carbocycles. The third-order valence-electron chi connectivity index (χ3n) is 3.01. The minimum absolute atomic E-state index is 0.846. The number of nitrogens with zero attached hydrogens (tertiary/aromatic N) is 1. The minimum Gasteiger partial charge on any atom is -0.354 e. The van der Waals surface area contributed by atoms with Crippen LogP contribution in [0.1, 0.15) is 43.7 Å². The van der Waals surface area contributed by atoms with Crippen LogP contribution in [0.3, 0.4) is 0 Å². The summed E-state index contributed by atoms with van der Waals surface area (Å²) in [4.78, 5) is 0. The molecule has 0 bridgehead atoms. The van der Waals surface area contributed by atoms with Crippen molar-refractivity contribution in [2.45, 2.75) is 38.0 Å². The van der Waals surface area contributed by atoms with Crippen LogP contribution >= 0.6 is 0 Å². The molecule has 1 aliphatic rings. The molecule has 66 valence electrons. The highest BCUT2D eigenvalue weighted by atomic mass is 14.9. The van der Waals surface area contributed by atoms with E-state index in [2.05, 4.69) is 29.9 Å². The lowest BCUT2D eigenvalue weighted by molar-refractivity contribution is 0.429. The maximum Gasteiger partial charge on any atom is 0.0202 e. The van der Waals surface area contributed by atoms with Crippen molar-refractivity contribution >= 4 is 0 Å². The Balaban J connectivity index is 2.13. The predicted octanol–water partition coefficient (Wildman–Crippen LogP) is 3.07. The lowest BCUT2D eigenvalue weighted by Gasteiger charge is -2.22. The van der Waals surface area contributed by atoms with Crippen LogP contribution in [-0.2, 0) is 7.05 Å². The maximum absolute atomic E-state index is 2.27. The van der Waals surface area contributed by atoms with Gasteiger partial charge in [0.25, 0.3) is 0 Å². The fourth-order valence-electron chi connectivity index (χ4n) is 2.30. The number of hydrogen-bond donors (Lipinski definition) is 0. The molecule has 1 nitrogen and oxygen atoms in total. The van der Waals surface area contributed by atoms with Crippen LogP contribution < -0.4 is 0 Å². The summed E-state index contributed by atoms with van der Waals surface area (Å²) in [5.74, 6) is 0.846. The first-order chi connectivity index (χ1) is 5.88. The Labute approximate surface area is 74.4 Å². The van der Waals surface area contributed by atoms with Gasteiger partial charge in [0.1, 0.15) is 0 Å². The van der Waals surface area contributed by atoms with E-state index in [1.807, 2.05) is 0 Å². The van der Waals surface area contributed by atoms with Gasteiger partial charge in [-0.25, -0.2) is 0 Å². The second-order valence-electron chi connectivity index (χ2n) is 3.88. The van der Waals surface area contributed by atoms with Crippen LogP contribution in [-0.4, -0.2) is 4.57 Å². The molecule has 0 spiro atoms. The number of aromatic nitrogens is 1. The summed E-state index contributed by atoms with van der Waals surface area (Å²) >= 11 is 0. The van der Waals surface area contributed by atoms with Gasteiger partial charge in [0.05, 0.1) is 0 Å². The van der Waals surface area contributed by atoms with E-state index in [1.165, 1.54) is 37.8 Å². The van der Waals surface area contributed by atoms with Crippen molar-refractivity contribution in [2.75, 3.05) is 0 Å². The summed E-state index contributed by atoms with van der Waals surface area (Å²) in [6.45, 7) is 0. The molecule has 0 amide bonds. The van der Waals surface area contributed by atoms with Gasteiger partial charge in [-0.2, -0.15) is 0 Å². The lowest BCUT2D eigenvalue weighted by Crippen LogP contribution is -2.08. The lowest BCUT2D eigenvalue weighted by atomic mass is 9.87. The Kier molecular flexibility index (Phi) is 2.20. The highest BCUT2D eigenvalue weighted by Crippen LogP contribution is 2.32. The number of rotatable bonds is 1. The Bertz CT molecular complexity index is 243. The first-order valence-corrected chi connectivity index (χ1v) is 4.99. The summed E-state index contributed by atoms with van der Waals surface area (Å²) in [6.07, 6.45) is 9.26. The first kappa shape index (κ1) is 7.90. The highest BCUT2D eigenvalue weighted by molar-refractivity contribution is 5.12. The van der Waals surface area contributed by atoms with Crippen molar-refractivity contribution < 1.29 is 0 Å². The zero-order valence-corrected chi connectivity index (χ0v) is 7.79. The van der Waals surface area contributed by atoms with E-state index in [9.17, 15) is 0 Å². The predicted molar refractivity (Wildman–Crippen MR) is 51.2 cm³/mol. The Morgan fingerprint density at radius 1 is 1.25 bits per heavy atom. The average Bonchev–Trinajstić information content (AvgIpc) is 2.53. The summed E-state index contributed by atoms with van der Waals surface area (Å²) in [6, 6.07) is 4.43. The van der Waals surface area contributed by atoms with Gasteiger partial charge in [-0.15, -0.1) is 0 Å². The Morgan fingerprint density at radius 3 is 2.58 bits per heavy atom. The van der Waals surface area contributed by atoms with Crippen molar-refractivity contribution in [1.29, 1.82) is 0 Å². The normalized spacial score (nSPS) is 19.8. The summed E-state index contributed by atoms with van der Waals surface area (Å²) < 4.78 is 2.27. The molecule has 0 aliphatic heterocycles. The fourth-order valence-corrected chi connectivity index (χ4v) is 2.30. The van der Waals surface area contributed by atoms with E-state index < -0.39 is 0 Å². The first-order valence-electron chi connectivity index (χ1n) is 4.99. The summed E-state index contributed by atoms with van der Waals surface area (Å²) in [7, 11) is 2.16. The van der Waals surface area contributed by atoms with Crippen molar-refractivity contribution in [2.24, 2.45) is 7.05 Å². The molecule has 0 aromatic carbocycles. The number of aryl methyl sites for hydroxylation is 1. The van der Waals surface area contributed by atoms with Crippen LogP contribution in [0.2, 0.25) is 0 Å². The summed E-state index contributed by atoms with van der Waals surface area (Å²) in [5, 5.41) is 0. The van der Waals surface area contributed by atoms with Gasteiger partial charge in [-0.3, -0.25) is 0 Å². The number of hydrogen-bond acceptors (Lipinski definition) is 0. The second-order valence-corrected chi connectivity index (χ2v) is 3.88. The zero-order chi connectivity index (χ0) is 8.39. The Morgan fingerprint density at radius 2 is 2.00 bits per heavy atom. The smallest absolute Gasteiger partial charge is 0.0202 e. The molecule has 1 aromatic heterocycles. The molecule has 0 saturated heterocycles. The van der Waals surface area contributed by atoms with Crippen LogP contribution in [0, 0.1) is 0 Å². The van der Waals surface area contributed by atoms with Gasteiger partial charge < -0.3 is 4.57 Å². The van der Waals surface area contributed by atoms with E-state index in [4.69, 9.17) is 0 Å². The van der Waals surface area contributed by atoms with Gasteiger partial charge in [0.2, 0.25) is 0 Å². The van der Waals surface area contributed by atoms with Gasteiger partial charge in [-0.05, 0) is 30.9 Å². The van der Waals surface area contributed by atoms with E-state index in [0.29, 0.717) is 0 Å². The van der Waals surface area contributed by atoms with Crippen molar-refractivity contribution in [3.63, 3.8) is 0 Å². The van der Waals surface area contributed by atoms with E-state index in [1.54, 1.807) is 0 Å². The molecule has 1 aliphatic carbocycles. The molecule has 0 unspecified atom stereocenters. The monoisotopic (exact) mass is 163 g/mol. The van der Waals surface area contributed by atoms with Crippen molar-refractivity contribution in [1.82, 2.24) is 4.57 Å². The second kappa shape index (κ2) is 3.34. The summed E-state index contributed by atoms with van der Waals surface area (Å²) in [5.41, 5.74) is 1.54. The van der Waals surface area contributed by atoms with Gasteiger partial charge in [0, 0.05) is 18.9 Å². The standard InChI is InChI=1S/C11H17N/c1-12-9-5-8-11(12)10-6-3-2-4-7-10/h5,8-10H,2-4,6-7H2,1H3. The molecular formula is C11H17N. The quantitative estimate of drug-likeness (QED) is 0.599. The molecule has 12 heavy (non-hydrogen) atoms. The van der Waals surface area contributed by atoms with Gasteiger partial charge >= 0.3 is 0 Å². The Hall–Kier alpha value is -0.720. The van der Waals surface area contributed by atoms with Crippen LogP contribution in [0.25, 0.3) is 0 Å². The third-order valence-corrected chi connectivity index (χ3v) is 3.01. The van der Waals surface area contributed by atoms with Gasteiger partial charge in [-0.1, -0.05) is 19.3 Å². The topological polar surface area (TPSA) is 4.93 Å². The fraction of sp³-hybridized carbons (Fsp3) is 0.636. The minimum atomic E-state index is 0.846. The molecule has 1 heterocycles. The molecule has 1 fully saturated rings. The van der Waals surface area contributed by atoms with E-state index >= 15 is 0 Å². The largest absolute Gasteiger partial charge is 0.354 e. The SMILES string of the molecule is Cn1cccc1C1CCCCC1. The van der Waals surface area contributed by atoms with Crippen molar-refractivity contribution in [3.8, 4) is 0 Å². The average molecular weight is 163 g/mol. The maximum atomic E-state index is 2.27. The zero-order valence-electron chi connectivity index (χ0n) is 7.79. The van der Waals surface area contributed by atoms with Crippen LogP contribution in [0.4, 0.5) is 0 Å². The molecule has 0 atom stereocenters. The van der Waals surface area contributed by atoms with Gasteiger partial charge in [0.15, 0.2) is 0 Å². The van der Waals surface area contributed by atoms with E-state index in [0.717, 1.165) is 5.92 Å². The molecule has 1 aromatic rings. The molecule has 0 N–H and O–H groups in total. The third kappa shape index (κ3) is 1.40. The van der Waals surface area contributed by atoms with E-state index in [-0.39, 0.29) is 0 Å². The molecular weight excluding hydrogens is 146 g/mol. The van der Waals surface area contributed by atoms with Crippen LogP contribution in [0.15, 0.2) is 18.3 Å². The molecule has 0 radical (unpaired) electrons. The van der Waals surface area contributed by atoms with Crippen molar-refractivity contribution in [3.05, 3.63) is 24.0 Å². The molecule has 2 rings (SSSR count). The molecule has 1 heteroatoms. The highest BCUT2D eigenvalue weighted by Gasteiger charge is 2.16.